The average Bonchev–Trinajstić information content (AvgIpc) is 3.20. The summed E-state index contributed by atoms with van der Waals surface area (Å²) in [6.07, 6.45) is 1.51. The van der Waals surface area contributed by atoms with Crippen LogP contribution in [0.3, 0.4) is 0 Å². The summed E-state index contributed by atoms with van der Waals surface area (Å²) >= 11 is 4.73. The minimum Gasteiger partial charge on any atom is -0.481 e. The van der Waals surface area contributed by atoms with Crippen LogP contribution in [-0.4, -0.2) is 27.4 Å². The Balaban J connectivity index is 1.45. The summed E-state index contributed by atoms with van der Waals surface area (Å²) in [5.74, 6) is -0.104. The van der Waals surface area contributed by atoms with Crippen LogP contribution in [-0.2, 0) is 4.79 Å². The number of anilines is 1. The molecule has 0 bridgehead atoms. The van der Waals surface area contributed by atoms with E-state index < -0.39 is 10.8 Å². The van der Waals surface area contributed by atoms with E-state index in [1.165, 1.54) is 29.7 Å². The van der Waals surface area contributed by atoms with Crippen LogP contribution in [0, 0.1) is 10.1 Å². The first-order chi connectivity index (χ1) is 14.5. The van der Waals surface area contributed by atoms with Crippen molar-refractivity contribution in [3.8, 4) is 17.0 Å². The zero-order chi connectivity index (χ0) is 21.1. The molecule has 0 aliphatic rings. The molecule has 2 aromatic carbocycles. The normalized spacial score (nSPS) is 10.7. The summed E-state index contributed by atoms with van der Waals surface area (Å²) < 4.78 is 6.51. The second-order valence-corrected chi connectivity index (χ2v) is 7.90. The second-order valence-electron chi connectivity index (χ2n) is 6.12. The van der Waals surface area contributed by atoms with Crippen molar-refractivity contribution < 1.29 is 14.5 Å². The maximum atomic E-state index is 12.3. The van der Waals surface area contributed by atoms with Gasteiger partial charge in [0.05, 0.1) is 16.0 Å². The summed E-state index contributed by atoms with van der Waals surface area (Å²) in [5, 5.41) is 16.5. The number of non-ortho nitro benzene ring substituents is 1. The van der Waals surface area contributed by atoms with Crippen molar-refractivity contribution in [2.75, 3.05) is 11.9 Å². The number of ether oxygens (including phenoxy) is 1. The van der Waals surface area contributed by atoms with E-state index in [2.05, 4.69) is 31.2 Å². The van der Waals surface area contributed by atoms with Gasteiger partial charge in [-0.3, -0.25) is 25.2 Å². The molecule has 2 heterocycles. The number of thiazole rings is 1. The zero-order valence-corrected chi connectivity index (χ0v) is 17.6. The van der Waals surface area contributed by atoms with Gasteiger partial charge in [0.25, 0.3) is 11.6 Å². The van der Waals surface area contributed by atoms with E-state index >= 15 is 0 Å². The lowest BCUT2D eigenvalue weighted by molar-refractivity contribution is -0.383. The molecule has 30 heavy (non-hydrogen) atoms. The van der Waals surface area contributed by atoms with Gasteiger partial charge in [-0.05, 0) is 30.3 Å². The van der Waals surface area contributed by atoms with Gasteiger partial charge in [-0.15, -0.1) is 11.3 Å². The number of benzene rings is 2. The molecule has 8 nitrogen and oxygen atoms in total. The quantitative estimate of drug-likeness (QED) is 0.303. The van der Waals surface area contributed by atoms with Gasteiger partial charge >= 0.3 is 0 Å². The van der Waals surface area contributed by atoms with E-state index in [4.69, 9.17) is 4.74 Å². The van der Waals surface area contributed by atoms with Crippen LogP contribution >= 0.6 is 27.3 Å². The molecular weight excluding hydrogens is 472 g/mol. The van der Waals surface area contributed by atoms with E-state index in [1.807, 2.05) is 29.6 Å². The van der Waals surface area contributed by atoms with Gasteiger partial charge in [0, 0.05) is 27.7 Å². The largest absolute Gasteiger partial charge is 0.481 e. The number of amides is 1. The molecule has 1 amide bonds. The van der Waals surface area contributed by atoms with Crippen molar-refractivity contribution in [3.05, 3.63) is 74.7 Å². The van der Waals surface area contributed by atoms with E-state index in [9.17, 15) is 14.9 Å². The second kappa shape index (κ2) is 8.56. The van der Waals surface area contributed by atoms with Gasteiger partial charge in [0.2, 0.25) is 0 Å². The van der Waals surface area contributed by atoms with E-state index in [0.29, 0.717) is 21.8 Å². The maximum absolute atomic E-state index is 12.3. The highest BCUT2D eigenvalue weighted by Crippen LogP contribution is 2.31. The molecule has 0 aliphatic heterocycles. The molecule has 0 radical (unpaired) electrons. The smallest absolute Gasteiger partial charge is 0.279 e. The summed E-state index contributed by atoms with van der Waals surface area (Å²) in [6, 6.07) is 13.7. The van der Waals surface area contributed by atoms with Crippen molar-refractivity contribution in [2.24, 2.45) is 0 Å². The predicted molar refractivity (Wildman–Crippen MR) is 118 cm³/mol. The van der Waals surface area contributed by atoms with Crippen LogP contribution in [0.4, 0.5) is 10.8 Å². The molecule has 2 aromatic heterocycles. The third-order valence-electron chi connectivity index (χ3n) is 4.14. The molecule has 4 aromatic rings. The summed E-state index contributed by atoms with van der Waals surface area (Å²) in [5.41, 5.74) is 1.94. The number of nitro groups is 1. The number of pyridine rings is 1. The molecule has 0 unspecified atom stereocenters. The Morgan fingerprint density at radius 1 is 1.23 bits per heavy atom. The van der Waals surface area contributed by atoms with Gasteiger partial charge < -0.3 is 4.74 Å². The standard InChI is InChI=1S/C20H13BrN4O4S/c21-13-4-1-3-12(9-13)15-11-30-20(23-15)24-18(26)10-29-17-7-6-16(25(27)28)14-5-2-8-22-19(14)17/h1-9,11H,10H2,(H,23,24,26). The summed E-state index contributed by atoms with van der Waals surface area (Å²) in [4.78, 5) is 31.6. The fourth-order valence-electron chi connectivity index (χ4n) is 2.82. The third-order valence-corrected chi connectivity index (χ3v) is 5.39. The molecule has 1 N–H and O–H groups in total. The van der Waals surface area contributed by atoms with Gasteiger partial charge in [0.1, 0.15) is 11.3 Å². The SMILES string of the molecule is O=C(COc1ccc([N+](=O)[O-])c2cccnc12)Nc1nc(-c2cccc(Br)c2)cs1. The van der Waals surface area contributed by atoms with E-state index in [1.54, 1.807) is 12.1 Å². The molecule has 150 valence electrons. The number of carbonyl (C=O) groups is 1. The van der Waals surface area contributed by atoms with Crippen molar-refractivity contribution in [3.63, 3.8) is 0 Å². The number of fused-ring (bicyclic) bond motifs is 1. The molecule has 0 spiro atoms. The molecule has 0 fully saturated rings. The summed E-state index contributed by atoms with van der Waals surface area (Å²) in [7, 11) is 0. The third kappa shape index (κ3) is 4.29. The number of rotatable bonds is 6. The van der Waals surface area contributed by atoms with Gasteiger partial charge in [0.15, 0.2) is 11.7 Å². The highest BCUT2D eigenvalue weighted by atomic mass is 79.9. The number of hydrogen-bond donors (Lipinski definition) is 1. The first kappa shape index (κ1) is 19.9. The Labute approximate surface area is 182 Å². The fourth-order valence-corrected chi connectivity index (χ4v) is 3.95. The molecular formula is C20H13BrN4O4S. The molecule has 0 saturated carbocycles. The predicted octanol–water partition coefficient (Wildman–Crippen LogP) is 5.05. The average molecular weight is 485 g/mol. The van der Waals surface area contributed by atoms with Crippen LogP contribution in [0.1, 0.15) is 0 Å². The number of nitrogens with one attached hydrogen (secondary N) is 1. The van der Waals surface area contributed by atoms with Crippen molar-refractivity contribution in [1.29, 1.82) is 0 Å². The molecule has 0 saturated heterocycles. The van der Waals surface area contributed by atoms with Crippen molar-refractivity contribution in [2.45, 2.75) is 0 Å². The highest BCUT2D eigenvalue weighted by molar-refractivity contribution is 9.10. The van der Waals surface area contributed by atoms with Crippen LogP contribution in [0.25, 0.3) is 22.2 Å². The maximum Gasteiger partial charge on any atom is 0.279 e. The Morgan fingerprint density at radius 2 is 2.10 bits per heavy atom. The first-order valence-corrected chi connectivity index (χ1v) is 10.3. The lowest BCUT2D eigenvalue weighted by atomic mass is 10.1. The minimum absolute atomic E-state index is 0.0715. The lowest BCUT2D eigenvalue weighted by Crippen LogP contribution is -2.20. The van der Waals surface area contributed by atoms with Gasteiger partial charge in [-0.25, -0.2) is 4.98 Å². The number of aromatic nitrogens is 2. The Bertz CT molecular complexity index is 1260. The van der Waals surface area contributed by atoms with Crippen LogP contribution in [0.5, 0.6) is 5.75 Å². The monoisotopic (exact) mass is 484 g/mol. The van der Waals surface area contributed by atoms with Crippen LogP contribution < -0.4 is 10.1 Å². The Kier molecular flexibility index (Phi) is 5.68. The number of halogens is 1. The topological polar surface area (TPSA) is 107 Å². The van der Waals surface area contributed by atoms with Gasteiger partial charge in [-0.2, -0.15) is 0 Å². The molecule has 4 rings (SSSR count). The van der Waals surface area contributed by atoms with Crippen molar-refractivity contribution in [1.82, 2.24) is 9.97 Å². The van der Waals surface area contributed by atoms with E-state index in [-0.39, 0.29) is 12.3 Å². The zero-order valence-electron chi connectivity index (χ0n) is 15.2. The lowest BCUT2D eigenvalue weighted by Gasteiger charge is -2.08. The number of nitrogens with zero attached hydrogens (tertiary/aromatic N) is 3. The Hall–Kier alpha value is -3.37. The molecule has 0 atom stereocenters. The number of hydrogen-bond acceptors (Lipinski definition) is 7. The molecule has 0 aliphatic carbocycles. The first-order valence-electron chi connectivity index (χ1n) is 8.67. The van der Waals surface area contributed by atoms with Crippen LogP contribution in [0.15, 0.2) is 64.6 Å². The Morgan fingerprint density at radius 3 is 2.90 bits per heavy atom. The molecule has 10 heteroatoms. The highest BCUT2D eigenvalue weighted by Gasteiger charge is 2.17. The number of nitro benzene ring substituents is 1. The fraction of sp³-hybridized carbons (Fsp3) is 0.0500. The van der Waals surface area contributed by atoms with E-state index in [0.717, 1.165) is 15.7 Å². The van der Waals surface area contributed by atoms with Crippen molar-refractivity contribution >= 4 is 54.9 Å². The number of carbonyl (C=O) groups excluding carboxylic acids is 1. The summed E-state index contributed by atoms with van der Waals surface area (Å²) in [6.45, 7) is -0.282. The minimum atomic E-state index is -0.480. The van der Waals surface area contributed by atoms with Gasteiger partial charge in [-0.1, -0.05) is 28.1 Å². The van der Waals surface area contributed by atoms with Crippen LogP contribution in [0.2, 0.25) is 0 Å².